The standard InChI is InChI=1S/C19H15Cl3N4O3S/c1-10-9-16(24-11(2)23-10)26-30(28,29)13-5-3-12(4-6-13)25-19(27)17-14(20)7-8-15(21)18(17)22/h3-9H,1-2H3,(H,25,27)(H,23,24,26). The summed E-state index contributed by atoms with van der Waals surface area (Å²) in [7, 11) is -3.88. The summed E-state index contributed by atoms with van der Waals surface area (Å²) in [5.74, 6) is 0.0416. The SMILES string of the molecule is Cc1cc(NS(=O)(=O)c2ccc(NC(=O)c3c(Cl)ccc(Cl)c3Cl)cc2)nc(C)n1. The molecule has 0 atom stereocenters. The Labute approximate surface area is 188 Å². The summed E-state index contributed by atoms with van der Waals surface area (Å²) < 4.78 is 27.6. The first-order valence-corrected chi connectivity index (χ1v) is 11.1. The van der Waals surface area contributed by atoms with Crippen molar-refractivity contribution in [3.05, 3.63) is 74.6 Å². The van der Waals surface area contributed by atoms with E-state index < -0.39 is 15.9 Å². The van der Waals surface area contributed by atoms with Crippen molar-refractivity contribution in [2.24, 2.45) is 0 Å². The van der Waals surface area contributed by atoms with Crippen molar-refractivity contribution >= 4 is 62.2 Å². The number of hydrogen-bond donors (Lipinski definition) is 2. The van der Waals surface area contributed by atoms with Crippen molar-refractivity contribution in [3.8, 4) is 0 Å². The van der Waals surface area contributed by atoms with Gasteiger partial charge in [-0.05, 0) is 50.2 Å². The van der Waals surface area contributed by atoms with Gasteiger partial charge in [-0.2, -0.15) is 0 Å². The third-order valence-corrected chi connectivity index (χ3v) is 6.39. The minimum Gasteiger partial charge on any atom is -0.322 e. The molecule has 0 unspecified atom stereocenters. The normalized spacial score (nSPS) is 11.2. The van der Waals surface area contributed by atoms with Crippen LogP contribution < -0.4 is 10.0 Å². The summed E-state index contributed by atoms with van der Waals surface area (Å²) in [6, 6.07) is 10.0. The van der Waals surface area contributed by atoms with Gasteiger partial charge >= 0.3 is 0 Å². The van der Waals surface area contributed by atoms with Crippen LogP contribution >= 0.6 is 34.8 Å². The highest BCUT2D eigenvalue weighted by Crippen LogP contribution is 2.32. The van der Waals surface area contributed by atoms with E-state index in [4.69, 9.17) is 34.8 Å². The minimum absolute atomic E-state index is 0.00626. The van der Waals surface area contributed by atoms with Crippen LogP contribution in [0.4, 0.5) is 11.5 Å². The number of nitrogens with zero attached hydrogens (tertiary/aromatic N) is 2. The molecule has 0 aliphatic rings. The van der Waals surface area contributed by atoms with Crippen molar-refractivity contribution < 1.29 is 13.2 Å². The van der Waals surface area contributed by atoms with E-state index in [1.54, 1.807) is 13.8 Å². The third-order valence-electron chi connectivity index (χ3n) is 3.90. The average Bonchev–Trinajstić information content (AvgIpc) is 2.64. The van der Waals surface area contributed by atoms with Crippen molar-refractivity contribution in [2.45, 2.75) is 18.7 Å². The van der Waals surface area contributed by atoms with Gasteiger partial charge in [0, 0.05) is 17.4 Å². The lowest BCUT2D eigenvalue weighted by atomic mass is 10.2. The number of aryl methyl sites for hydroxylation is 2. The lowest BCUT2D eigenvalue weighted by molar-refractivity contribution is 0.102. The highest BCUT2D eigenvalue weighted by molar-refractivity contribution is 7.92. The number of carbonyl (C=O) groups excluding carboxylic acids is 1. The molecule has 1 amide bonds. The molecule has 0 aliphatic heterocycles. The third kappa shape index (κ3) is 5.02. The summed E-state index contributed by atoms with van der Waals surface area (Å²) in [6.07, 6.45) is 0. The number of aromatic nitrogens is 2. The summed E-state index contributed by atoms with van der Waals surface area (Å²) >= 11 is 18.1. The van der Waals surface area contributed by atoms with Gasteiger partial charge < -0.3 is 5.32 Å². The molecule has 0 bridgehead atoms. The second kappa shape index (κ2) is 8.77. The summed E-state index contributed by atoms with van der Waals surface area (Å²) in [5.41, 5.74) is 1.01. The van der Waals surface area contributed by atoms with Crippen LogP contribution in [0.3, 0.4) is 0 Å². The second-order valence-electron chi connectivity index (χ2n) is 6.24. The number of sulfonamides is 1. The molecule has 3 aromatic rings. The molecule has 1 heterocycles. The Morgan fingerprint density at radius 3 is 2.20 bits per heavy atom. The number of rotatable bonds is 5. The van der Waals surface area contributed by atoms with Gasteiger partial charge in [0.25, 0.3) is 15.9 Å². The van der Waals surface area contributed by atoms with Crippen LogP contribution in [0.15, 0.2) is 47.4 Å². The van der Waals surface area contributed by atoms with E-state index in [0.717, 1.165) is 0 Å². The fraction of sp³-hybridized carbons (Fsp3) is 0.105. The van der Waals surface area contributed by atoms with E-state index >= 15 is 0 Å². The van der Waals surface area contributed by atoms with Crippen molar-refractivity contribution in [3.63, 3.8) is 0 Å². The Morgan fingerprint density at radius 2 is 1.57 bits per heavy atom. The van der Waals surface area contributed by atoms with Crippen LogP contribution in [0, 0.1) is 13.8 Å². The van der Waals surface area contributed by atoms with Gasteiger partial charge in [-0.1, -0.05) is 34.8 Å². The first kappa shape index (κ1) is 22.3. The topological polar surface area (TPSA) is 101 Å². The average molecular weight is 486 g/mol. The van der Waals surface area contributed by atoms with Crippen LogP contribution in [-0.2, 0) is 10.0 Å². The summed E-state index contributed by atoms with van der Waals surface area (Å²) in [4.78, 5) is 20.7. The molecule has 0 saturated carbocycles. The molecule has 11 heteroatoms. The number of halogens is 3. The van der Waals surface area contributed by atoms with Crippen LogP contribution in [0.1, 0.15) is 21.9 Å². The van der Waals surface area contributed by atoms with Gasteiger partial charge in [-0.25, -0.2) is 18.4 Å². The Hall–Kier alpha value is -2.39. The number of nitrogens with one attached hydrogen (secondary N) is 2. The van der Waals surface area contributed by atoms with Gasteiger partial charge in [-0.3, -0.25) is 9.52 Å². The van der Waals surface area contributed by atoms with Gasteiger partial charge in [0.1, 0.15) is 11.6 Å². The first-order valence-electron chi connectivity index (χ1n) is 8.47. The first-order chi connectivity index (χ1) is 14.1. The monoisotopic (exact) mass is 484 g/mol. The number of benzene rings is 2. The Morgan fingerprint density at radius 1 is 0.933 bits per heavy atom. The maximum absolute atomic E-state index is 12.6. The molecule has 0 spiro atoms. The van der Waals surface area contributed by atoms with E-state index in [2.05, 4.69) is 20.0 Å². The van der Waals surface area contributed by atoms with E-state index in [1.165, 1.54) is 42.5 Å². The number of amides is 1. The van der Waals surface area contributed by atoms with E-state index in [1.807, 2.05) is 0 Å². The lowest BCUT2D eigenvalue weighted by Crippen LogP contribution is -2.16. The van der Waals surface area contributed by atoms with Gasteiger partial charge in [-0.15, -0.1) is 0 Å². The number of hydrogen-bond acceptors (Lipinski definition) is 5. The summed E-state index contributed by atoms with van der Waals surface area (Å²) in [6.45, 7) is 3.41. The van der Waals surface area contributed by atoms with E-state index in [-0.39, 0.29) is 31.3 Å². The zero-order valence-corrected chi connectivity index (χ0v) is 18.8. The number of anilines is 2. The van der Waals surface area contributed by atoms with Crippen molar-refractivity contribution in [1.82, 2.24) is 9.97 Å². The predicted molar refractivity (Wildman–Crippen MR) is 118 cm³/mol. The maximum Gasteiger partial charge on any atom is 0.263 e. The van der Waals surface area contributed by atoms with Crippen LogP contribution in [-0.4, -0.2) is 24.3 Å². The molecular weight excluding hydrogens is 471 g/mol. The maximum atomic E-state index is 12.6. The number of carbonyl (C=O) groups is 1. The predicted octanol–water partition coefficient (Wildman–Crippen LogP) is 5.11. The smallest absolute Gasteiger partial charge is 0.263 e. The molecule has 2 aromatic carbocycles. The van der Waals surface area contributed by atoms with Gasteiger partial charge in [0.05, 0.1) is 25.5 Å². The van der Waals surface area contributed by atoms with Crippen LogP contribution in [0.2, 0.25) is 15.1 Å². The molecule has 0 saturated heterocycles. The molecule has 0 fully saturated rings. The van der Waals surface area contributed by atoms with Crippen molar-refractivity contribution in [1.29, 1.82) is 0 Å². The Balaban J connectivity index is 1.79. The van der Waals surface area contributed by atoms with Gasteiger partial charge in [0.2, 0.25) is 0 Å². The fourth-order valence-corrected chi connectivity index (χ4v) is 4.30. The quantitative estimate of drug-likeness (QED) is 0.489. The van der Waals surface area contributed by atoms with Gasteiger partial charge in [0.15, 0.2) is 0 Å². The fourth-order valence-electron chi connectivity index (χ4n) is 2.61. The largest absolute Gasteiger partial charge is 0.322 e. The van der Waals surface area contributed by atoms with Crippen LogP contribution in [0.25, 0.3) is 0 Å². The molecule has 3 rings (SSSR count). The molecule has 1 aromatic heterocycles. The summed E-state index contributed by atoms with van der Waals surface area (Å²) in [5, 5.41) is 2.96. The molecule has 0 radical (unpaired) electrons. The van der Waals surface area contributed by atoms with Crippen molar-refractivity contribution in [2.75, 3.05) is 10.0 Å². The van der Waals surface area contributed by atoms with E-state index in [0.29, 0.717) is 17.2 Å². The highest BCUT2D eigenvalue weighted by atomic mass is 35.5. The molecule has 0 aliphatic carbocycles. The molecule has 30 heavy (non-hydrogen) atoms. The minimum atomic E-state index is -3.88. The molecule has 7 nitrogen and oxygen atoms in total. The second-order valence-corrected chi connectivity index (χ2v) is 9.12. The molecular formula is C19H15Cl3N4O3S. The highest BCUT2D eigenvalue weighted by Gasteiger charge is 2.19. The molecule has 156 valence electrons. The zero-order chi connectivity index (χ0) is 22.1. The lowest BCUT2D eigenvalue weighted by Gasteiger charge is -2.11. The molecule has 2 N–H and O–H groups in total. The van der Waals surface area contributed by atoms with Crippen LogP contribution in [0.5, 0.6) is 0 Å². The Kier molecular flexibility index (Phi) is 6.52. The Bertz CT molecular complexity index is 1210. The van der Waals surface area contributed by atoms with E-state index in [9.17, 15) is 13.2 Å². The zero-order valence-electron chi connectivity index (χ0n) is 15.7.